The molecule has 0 saturated heterocycles. The van der Waals surface area contributed by atoms with E-state index in [1.54, 1.807) is 24.3 Å². The van der Waals surface area contributed by atoms with Crippen molar-refractivity contribution >= 4 is 23.4 Å². The van der Waals surface area contributed by atoms with Crippen LogP contribution in [0.3, 0.4) is 0 Å². The maximum absolute atomic E-state index is 11.7. The smallest absolute Gasteiger partial charge is 0.256 e. The lowest BCUT2D eigenvalue weighted by atomic mass is 10.0. The van der Waals surface area contributed by atoms with Gasteiger partial charge < -0.3 is 30.8 Å². The number of aliphatic hydroxyl groups excluding tert-OH is 5. The van der Waals surface area contributed by atoms with Crippen LogP contribution in [0, 0.1) is 0 Å². The molecule has 1 aromatic rings. The van der Waals surface area contributed by atoms with Crippen LogP contribution in [0.5, 0.6) is 0 Å². The first-order chi connectivity index (χ1) is 9.90. The molecule has 4 atom stereocenters. The SMILES string of the molecule is CSc1ccc(NC(=O)C(O)C(O)C(O)C(O)CO)cc1. The maximum atomic E-state index is 11.7. The Kier molecular flexibility index (Phi) is 7.09. The van der Waals surface area contributed by atoms with Gasteiger partial charge in [0.1, 0.15) is 18.3 Å². The van der Waals surface area contributed by atoms with Crippen molar-refractivity contribution < 1.29 is 30.3 Å². The lowest BCUT2D eigenvalue weighted by molar-refractivity contribution is -0.144. The molecular weight excluding hydrogens is 298 g/mol. The summed E-state index contributed by atoms with van der Waals surface area (Å²) in [5.74, 6) is -0.927. The molecule has 0 heterocycles. The number of aliphatic hydroxyl groups is 5. The largest absolute Gasteiger partial charge is 0.394 e. The van der Waals surface area contributed by atoms with Gasteiger partial charge in [-0.05, 0) is 30.5 Å². The molecule has 0 radical (unpaired) electrons. The number of thioether (sulfide) groups is 1. The maximum Gasteiger partial charge on any atom is 0.256 e. The van der Waals surface area contributed by atoms with Crippen LogP contribution in [-0.4, -0.2) is 68.7 Å². The van der Waals surface area contributed by atoms with Crippen molar-refractivity contribution in [1.29, 1.82) is 0 Å². The summed E-state index contributed by atoms with van der Waals surface area (Å²) < 4.78 is 0. The van der Waals surface area contributed by atoms with Crippen LogP contribution in [0.4, 0.5) is 5.69 Å². The second-order valence-corrected chi connectivity index (χ2v) is 5.27. The van der Waals surface area contributed by atoms with Gasteiger partial charge >= 0.3 is 0 Å². The fraction of sp³-hybridized carbons (Fsp3) is 0.462. The van der Waals surface area contributed by atoms with E-state index in [1.165, 1.54) is 11.8 Å². The zero-order valence-corrected chi connectivity index (χ0v) is 12.2. The summed E-state index contributed by atoms with van der Waals surface area (Å²) in [6, 6.07) is 6.80. The average molecular weight is 317 g/mol. The zero-order valence-electron chi connectivity index (χ0n) is 11.4. The first-order valence-electron chi connectivity index (χ1n) is 6.18. The first-order valence-corrected chi connectivity index (χ1v) is 7.41. The van der Waals surface area contributed by atoms with Gasteiger partial charge in [0.05, 0.1) is 6.61 Å². The van der Waals surface area contributed by atoms with Crippen LogP contribution >= 0.6 is 11.8 Å². The van der Waals surface area contributed by atoms with Crippen LogP contribution in [0.1, 0.15) is 0 Å². The molecule has 0 spiro atoms. The Morgan fingerprint density at radius 1 is 1.14 bits per heavy atom. The van der Waals surface area contributed by atoms with E-state index in [2.05, 4.69) is 5.32 Å². The molecule has 0 bridgehead atoms. The van der Waals surface area contributed by atoms with Crippen molar-refractivity contribution in [3.05, 3.63) is 24.3 Å². The predicted octanol–water partition coefficient (Wildman–Crippen LogP) is -1.22. The van der Waals surface area contributed by atoms with Gasteiger partial charge in [0, 0.05) is 10.6 Å². The Bertz CT molecular complexity index is 454. The van der Waals surface area contributed by atoms with Gasteiger partial charge in [0.2, 0.25) is 0 Å². The molecular formula is C13H19NO6S. The predicted molar refractivity (Wildman–Crippen MR) is 78.0 cm³/mol. The fourth-order valence-corrected chi connectivity index (χ4v) is 1.98. The molecule has 0 saturated carbocycles. The Morgan fingerprint density at radius 2 is 1.71 bits per heavy atom. The standard InChI is InChI=1S/C13H19NO6S/c1-21-8-4-2-7(3-5-8)14-13(20)12(19)11(18)10(17)9(16)6-15/h2-5,9-12,15-19H,6H2,1H3,(H,14,20). The molecule has 4 unspecified atom stereocenters. The van der Waals surface area contributed by atoms with E-state index in [9.17, 15) is 20.1 Å². The van der Waals surface area contributed by atoms with Crippen molar-refractivity contribution in [2.75, 3.05) is 18.2 Å². The van der Waals surface area contributed by atoms with E-state index >= 15 is 0 Å². The van der Waals surface area contributed by atoms with Gasteiger partial charge in [0.25, 0.3) is 5.91 Å². The first kappa shape index (κ1) is 17.9. The number of benzene rings is 1. The van der Waals surface area contributed by atoms with E-state index in [0.717, 1.165) is 4.90 Å². The average Bonchev–Trinajstić information content (AvgIpc) is 2.52. The molecule has 0 fully saturated rings. The number of hydrogen-bond acceptors (Lipinski definition) is 7. The van der Waals surface area contributed by atoms with Gasteiger partial charge in [0.15, 0.2) is 6.10 Å². The molecule has 0 aliphatic rings. The van der Waals surface area contributed by atoms with E-state index in [1.807, 2.05) is 6.26 Å². The second kappa shape index (κ2) is 8.32. The molecule has 6 N–H and O–H groups in total. The summed E-state index contributed by atoms with van der Waals surface area (Å²) in [6.45, 7) is -0.803. The Labute approximate surface area is 126 Å². The Balaban J connectivity index is 2.64. The highest BCUT2D eigenvalue weighted by atomic mass is 32.2. The van der Waals surface area contributed by atoms with Gasteiger partial charge in [-0.2, -0.15) is 0 Å². The van der Waals surface area contributed by atoms with Crippen molar-refractivity contribution in [2.45, 2.75) is 29.3 Å². The topological polar surface area (TPSA) is 130 Å². The Morgan fingerprint density at radius 3 is 2.19 bits per heavy atom. The van der Waals surface area contributed by atoms with Crippen molar-refractivity contribution in [2.24, 2.45) is 0 Å². The van der Waals surface area contributed by atoms with Crippen molar-refractivity contribution in [1.82, 2.24) is 0 Å². The third kappa shape index (κ3) is 4.95. The molecule has 8 heteroatoms. The number of nitrogens with one attached hydrogen (secondary N) is 1. The van der Waals surface area contributed by atoms with Crippen LogP contribution in [-0.2, 0) is 4.79 Å². The number of rotatable bonds is 7. The Hall–Kier alpha value is -1.16. The fourth-order valence-electron chi connectivity index (χ4n) is 1.57. The molecule has 1 aromatic carbocycles. The summed E-state index contributed by atoms with van der Waals surface area (Å²) in [5.41, 5.74) is 0.418. The summed E-state index contributed by atoms with van der Waals surface area (Å²) in [4.78, 5) is 12.7. The molecule has 1 amide bonds. The third-order valence-corrected chi connectivity index (χ3v) is 3.62. The summed E-state index contributed by atoms with van der Waals surface area (Å²) in [5, 5.41) is 48.9. The van der Waals surface area contributed by atoms with E-state index in [0.29, 0.717) is 5.69 Å². The van der Waals surface area contributed by atoms with Gasteiger partial charge in [-0.1, -0.05) is 0 Å². The zero-order chi connectivity index (χ0) is 16.0. The molecule has 0 aromatic heterocycles. The number of hydrogen-bond donors (Lipinski definition) is 6. The lowest BCUT2D eigenvalue weighted by Crippen LogP contribution is -2.50. The van der Waals surface area contributed by atoms with Crippen LogP contribution in [0.2, 0.25) is 0 Å². The third-order valence-electron chi connectivity index (χ3n) is 2.88. The molecule has 0 aliphatic heterocycles. The van der Waals surface area contributed by atoms with Gasteiger partial charge in [-0.25, -0.2) is 0 Å². The lowest BCUT2D eigenvalue weighted by Gasteiger charge is -2.24. The van der Waals surface area contributed by atoms with E-state index in [-0.39, 0.29) is 0 Å². The van der Waals surface area contributed by atoms with Gasteiger partial charge in [-0.15, -0.1) is 11.8 Å². The minimum absolute atomic E-state index is 0.418. The van der Waals surface area contributed by atoms with E-state index < -0.39 is 36.9 Å². The second-order valence-electron chi connectivity index (χ2n) is 4.39. The van der Waals surface area contributed by atoms with Crippen LogP contribution < -0.4 is 5.32 Å². The number of carbonyl (C=O) groups excluding carboxylic acids is 1. The minimum atomic E-state index is -1.94. The van der Waals surface area contributed by atoms with Crippen molar-refractivity contribution in [3.63, 3.8) is 0 Å². The van der Waals surface area contributed by atoms with Crippen molar-refractivity contribution in [3.8, 4) is 0 Å². The molecule has 21 heavy (non-hydrogen) atoms. The quantitative estimate of drug-likeness (QED) is 0.348. The molecule has 118 valence electrons. The molecule has 7 nitrogen and oxygen atoms in total. The van der Waals surface area contributed by atoms with Crippen LogP contribution in [0.25, 0.3) is 0 Å². The van der Waals surface area contributed by atoms with Gasteiger partial charge in [-0.3, -0.25) is 4.79 Å². The highest BCUT2D eigenvalue weighted by Gasteiger charge is 2.34. The number of carbonyl (C=O) groups is 1. The highest BCUT2D eigenvalue weighted by molar-refractivity contribution is 7.98. The van der Waals surface area contributed by atoms with Crippen LogP contribution in [0.15, 0.2) is 29.2 Å². The normalized spacial score (nSPS) is 16.9. The summed E-state index contributed by atoms with van der Waals surface area (Å²) in [6.07, 6.45) is -5.45. The molecule has 0 aliphatic carbocycles. The summed E-state index contributed by atoms with van der Waals surface area (Å²) in [7, 11) is 0. The number of amides is 1. The monoisotopic (exact) mass is 317 g/mol. The number of anilines is 1. The highest BCUT2D eigenvalue weighted by Crippen LogP contribution is 2.18. The molecule has 1 rings (SSSR count). The van der Waals surface area contributed by atoms with E-state index in [4.69, 9.17) is 10.2 Å². The minimum Gasteiger partial charge on any atom is -0.394 e. The summed E-state index contributed by atoms with van der Waals surface area (Å²) >= 11 is 1.53.